The number of urea groups is 1. The Hall–Kier alpha value is -3.09. The largest absolute Gasteiger partial charge is 0.496 e. The molecule has 0 spiro atoms. The fraction of sp³-hybridized carbons (Fsp3) is 0.350. The van der Waals surface area contributed by atoms with E-state index in [2.05, 4.69) is 5.32 Å². The Bertz CT molecular complexity index is 824. The van der Waals surface area contributed by atoms with Crippen LogP contribution in [0.3, 0.4) is 0 Å². The molecule has 27 heavy (non-hydrogen) atoms. The molecular weight excluding hydrogens is 346 g/mol. The average Bonchev–Trinajstić information content (AvgIpc) is 3.15. The number of rotatable bonds is 6. The van der Waals surface area contributed by atoms with Crippen LogP contribution >= 0.6 is 0 Å². The van der Waals surface area contributed by atoms with Crippen LogP contribution in [0.5, 0.6) is 5.75 Å². The number of nitrogens with one attached hydrogen (secondary N) is 1. The number of hydrogen-bond acceptors (Lipinski definition) is 4. The van der Waals surface area contributed by atoms with Gasteiger partial charge in [-0.15, -0.1) is 0 Å². The molecule has 1 atom stereocenters. The second-order valence-corrected chi connectivity index (χ2v) is 6.59. The third-order valence-corrected chi connectivity index (χ3v) is 4.85. The highest BCUT2D eigenvalue weighted by molar-refractivity contribution is 5.75. The summed E-state index contributed by atoms with van der Waals surface area (Å²) >= 11 is 0. The van der Waals surface area contributed by atoms with E-state index in [0.29, 0.717) is 12.1 Å². The fourth-order valence-corrected chi connectivity index (χ4v) is 3.50. The number of nitro groups is 1. The number of ether oxygens (including phenoxy) is 1. The zero-order valence-electron chi connectivity index (χ0n) is 15.3. The SMILES string of the molecule is COc1ccccc1CC1CCCN1C(=O)NCc1cccc([N+](=O)[O-])c1. The van der Waals surface area contributed by atoms with Crippen LogP contribution in [-0.4, -0.2) is 35.6 Å². The minimum atomic E-state index is -0.435. The monoisotopic (exact) mass is 369 g/mol. The summed E-state index contributed by atoms with van der Waals surface area (Å²) in [6.45, 7) is 0.971. The van der Waals surface area contributed by atoms with Gasteiger partial charge in [-0.25, -0.2) is 4.79 Å². The fourth-order valence-electron chi connectivity index (χ4n) is 3.50. The minimum absolute atomic E-state index is 0.0250. The third kappa shape index (κ3) is 4.55. The van der Waals surface area contributed by atoms with Crippen LogP contribution in [0.2, 0.25) is 0 Å². The molecular formula is C20H23N3O4. The van der Waals surface area contributed by atoms with Crippen molar-refractivity contribution in [2.24, 2.45) is 0 Å². The second kappa shape index (κ2) is 8.53. The molecule has 2 aromatic rings. The van der Waals surface area contributed by atoms with Crippen LogP contribution in [0.4, 0.5) is 10.5 Å². The number of carbonyl (C=O) groups excluding carboxylic acids is 1. The molecule has 2 aromatic carbocycles. The summed E-state index contributed by atoms with van der Waals surface area (Å²) in [7, 11) is 1.65. The average molecular weight is 369 g/mol. The Morgan fingerprint density at radius 1 is 1.30 bits per heavy atom. The van der Waals surface area contributed by atoms with Crippen LogP contribution in [-0.2, 0) is 13.0 Å². The first kappa shape index (κ1) is 18.7. The summed E-state index contributed by atoms with van der Waals surface area (Å²) in [4.78, 5) is 24.9. The van der Waals surface area contributed by atoms with Gasteiger partial charge in [-0.05, 0) is 36.5 Å². The first-order valence-electron chi connectivity index (χ1n) is 8.98. The standard InChI is InChI=1S/C20H23N3O4/c1-27-19-10-3-2-7-16(19)13-17-9-5-11-22(17)20(24)21-14-15-6-4-8-18(12-15)23(25)26/h2-4,6-8,10,12,17H,5,9,11,13-14H2,1H3,(H,21,24). The lowest BCUT2D eigenvalue weighted by molar-refractivity contribution is -0.384. The van der Waals surface area contributed by atoms with E-state index in [-0.39, 0.29) is 24.3 Å². The third-order valence-electron chi connectivity index (χ3n) is 4.85. The molecule has 1 saturated heterocycles. The van der Waals surface area contributed by atoms with Gasteiger partial charge in [-0.3, -0.25) is 10.1 Å². The van der Waals surface area contributed by atoms with Gasteiger partial charge >= 0.3 is 6.03 Å². The van der Waals surface area contributed by atoms with Crippen molar-refractivity contribution in [1.29, 1.82) is 0 Å². The molecule has 3 rings (SSSR count). The lowest BCUT2D eigenvalue weighted by Crippen LogP contribution is -2.43. The Balaban J connectivity index is 1.62. The number of nitrogens with zero attached hydrogens (tertiary/aromatic N) is 2. The lowest BCUT2D eigenvalue weighted by Gasteiger charge is -2.25. The van der Waals surface area contributed by atoms with Crippen molar-refractivity contribution < 1.29 is 14.5 Å². The van der Waals surface area contributed by atoms with E-state index in [0.717, 1.165) is 30.6 Å². The zero-order chi connectivity index (χ0) is 19.2. The van der Waals surface area contributed by atoms with Gasteiger partial charge in [-0.1, -0.05) is 30.3 Å². The Kier molecular flexibility index (Phi) is 5.90. The van der Waals surface area contributed by atoms with Crippen LogP contribution < -0.4 is 10.1 Å². The van der Waals surface area contributed by atoms with Gasteiger partial charge in [0.1, 0.15) is 5.75 Å². The number of hydrogen-bond donors (Lipinski definition) is 1. The molecule has 7 heteroatoms. The van der Waals surface area contributed by atoms with Crippen molar-refractivity contribution in [2.45, 2.75) is 31.8 Å². The summed E-state index contributed by atoms with van der Waals surface area (Å²) in [6, 6.07) is 14.1. The molecule has 0 radical (unpaired) electrons. The van der Waals surface area contributed by atoms with Crippen LogP contribution in [0.1, 0.15) is 24.0 Å². The van der Waals surface area contributed by atoms with Gasteiger partial charge in [-0.2, -0.15) is 0 Å². The molecule has 0 bridgehead atoms. The first-order chi connectivity index (χ1) is 13.1. The highest BCUT2D eigenvalue weighted by atomic mass is 16.6. The van der Waals surface area contributed by atoms with E-state index in [4.69, 9.17) is 4.74 Å². The van der Waals surface area contributed by atoms with Gasteiger partial charge in [0.25, 0.3) is 5.69 Å². The summed E-state index contributed by atoms with van der Waals surface area (Å²) in [5.41, 5.74) is 1.82. The number of para-hydroxylation sites is 1. The number of methoxy groups -OCH3 is 1. The van der Waals surface area contributed by atoms with E-state index < -0.39 is 4.92 Å². The molecule has 1 aliphatic heterocycles. The summed E-state index contributed by atoms with van der Waals surface area (Å²) in [5, 5.41) is 13.8. The molecule has 1 unspecified atom stereocenters. The van der Waals surface area contributed by atoms with Crippen LogP contribution in [0.15, 0.2) is 48.5 Å². The summed E-state index contributed by atoms with van der Waals surface area (Å²) in [6.07, 6.45) is 2.65. The maximum Gasteiger partial charge on any atom is 0.317 e. The number of carbonyl (C=O) groups is 1. The predicted octanol–water partition coefficient (Wildman–Crippen LogP) is 3.52. The topological polar surface area (TPSA) is 84.7 Å². The quantitative estimate of drug-likeness (QED) is 0.624. The molecule has 0 aromatic heterocycles. The Morgan fingerprint density at radius 2 is 2.11 bits per heavy atom. The van der Waals surface area contributed by atoms with E-state index in [1.807, 2.05) is 29.2 Å². The number of benzene rings is 2. The molecule has 142 valence electrons. The molecule has 1 fully saturated rings. The molecule has 2 amide bonds. The van der Waals surface area contributed by atoms with Gasteiger partial charge in [0, 0.05) is 31.3 Å². The smallest absolute Gasteiger partial charge is 0.317 e. The van der Waals surface area contributed by atoms with E-state index >= 15 is 0 Å². The highest BCUT2D eigenvalue weighted by Crippen LogP contribution is 2.26. The van der Waals surface area contributed by atoms with Crippen LogP contribution in [0, 0.1) is 10.1 Å². The second-order valence-electron chi connectivity index (χ2n) is 6.59. The zero-order valence-corrected chi connectivity index (χ0v) is 15.3. The van der Waals surface area contributed by atoms with Crippen LogP contribution in [0.25, 0.3) is 0 Å². The first-order valence-corrected chi connectivity index (χ1v) is 8.98. The summed E-state index contributed by atoms with van der Waals surface area (Å²) in [5.74, 6) is 0.835. The lowest BCUT2D eigenvalue weighted by atomic mass is 10.0. The normalized spacial score (nSPS) is 16.2. The van der Waals surface area contributed by atoms with Gasteiger partial charge in [0.15, 0.2) is 0 Å². The number of nitro benzene ring substituents is 1. The molecule has 1 aliphatic rings. The number of non-ortho nitro benzene ring substituents is 1. The Labute approximate surface area is 158 Å². The molecule has 0 saturated carbocycles. The summed E-state index contributed by atoms with van der Waals surface area (Å²) < 4.78 is 5.41. The van der Waals surface area contributed by atoms with Crippen molar-refractivity contribution in [3.63, 3.8) is 0 Å². The van der Waals surface area contributed by atoms with Crippen molar-refractivity contribution in [1.82, 2.24) is 10.2 Å². The molecule has 0 aliphatic carbocycles. The number of likely N-dealkylation sites (tertiary alicyclic amines) is 1. The maximum absolute atomic E-state index is 12.6. The molecule has 1 heterocycles. The highest BCUT2D eigenvalue weighted by Gasteiger charge is 2.29. The molecule has 1 N–H and O–H groups in total. The van der Waals surface area contributed by atoms with Gasteiger partial charge in [0.2, 0.25) is 0 Å². The van der Waals surface area contributed by atoms with Crippen molar-refractivity contribution in [3.8, 4) is 5.75 Å². The van der Waals surface area contributed by atoms with E-state index in [1.54, 1.807) is 19.2 Å². The minimum Gasteiger partial charge on any atom is -0.496 e. The maximum atomic E-state index is 12.6. The van der Waals surface area contributed by atoms with Crippen molar-refractivity contribution >= 4 is 11.7 Å². The molecule has 7 nitrogen and oxygen atoms in total. The number of amides is 2. The van der Waals surface area contributed by atoms with E-state index in [1.165, 1.54) is 12.1 Å². The van der Waals surface area contributed by atoms with Crippen molar-refractivity contribution in [2.75, 3.05) is 13.7 Å². The van der Waals surface area contributed by atoms with Gasteiger partial charge in [0.05, 0.1) is 12.0 Å². The van der Waals surface area contributed by atoms with Gasteiger partial charge < -0.3 is 15.0 Å². The Morgan fingerprint density at radius 3 is 2.89 bits per heavy atom. The van der Waals surface area contributed by atoms with Crippen molar-refractivity contribution in [3.05, 3.63) is 69.8 Å². The van der Waals surface area contributed by atoms with E-state index in [9.17, 15) is 14.9 Å². The predicted molar refractivity (Wildman–Crippen MR) is 102 cm³/mol.